The summed E-state index contributed by atoms with van der Waals surface area (Å²) in [6.07, 6.45) is 1.53. The molecule has 1 heterocycles. The lowest BCUT2D eigenvalue weighted by Gasteiger charge is -2.09. The predicted molar refractivity (Wildman–Crippen MR) is 105 cm³/mol. The number of hydrogen-bond donors (Lipinski definition) is 1. The zero-order valence-corrected chi connectivity index (χ0v) is 15.1. The van der Waals surface area contributed by atoms with Crippen LogP contribution in [0.5, 0.6) is 5.75 Å². The first-order valence-corrected chi connectivity index (χ1v) is 8.48. The van der Waals surface area contributed by atoms with Crippen LogP contribution in [0.1, 0.15) is 11.4 Å². The lowest BCUT2D eigenvalue weighted by atomic mass is 10.3. The molecule has 1 aromatic heterocycles. The average molecular weight is 378 g/mol. The molecule has 0 fully saturated rings. The van der Waals surface area contributed by atoms with Crippen LogP contribution in [0.15, 0.2) is 71.8 Å². The topological polar surface area (TPSA) is 98.8 Å². The highest BCUT2D eigenvalue weighted by Gasteiger charge is 2.14. The molecule has 0 aliphatic carbocycles. The molecule has 0 saturated heterocycles. The van der Waals surface area contributed by atoms with E-state index in [9.17, 15) is 14.9 Å². The molecule has 0 bridgehead atoms. The molecule has 0 atom stereocenters. The van der Waals surface area contributed by atoms with E-state index in [0.717, 1.165) is 17.1 Å². The third-order valence-corrected chi connectivity index (χ3v) is 3.93. The number of para-hydroxylation sites is 3. The molecule has 0 aliphatic rings. The Morgan fingerprint density at radius 1 is 1.14 bits per heavy atom. The normalized spacial score (nSPS) is 10.8. The molecule has 1 amide bonds. The van der Waals surface area contributed by atoms with Crippen molar-refractivity contribution in [2.75, 3.05) is 6.61 Å². The Hall–Kier alpha value is -3.94. The minimum absolute atomic E-state index is 0.0280. The van der Waals surface area contributed by atoms with E-state index in [-0.39, 0.29) is 18.0 Å². The number of hydrazone groups is 1. The van der Waals surface area contributed by atoms with Crippen LogP contribution in [0, 0.1) is 17.0 Å². The minimum atomic E-state index is -0.564. The van der Waals surface area contributed by atoms with E-state index in [1.807, 2.05) is 54.0 Å². The quantitative estimate of drug-likeness (QED) is 0.388. The van der Waals surface area contributed by atoms with Crippen molar-refractivity contribution in [2.45, 2.75) is 6.92 Å². The van der Waals surface area contributed by atoms with Crippen molar-refractivity contribution in [3.8, 4) is 11.4 Å². The van der Waals surface area contributed by atoms with Crippen LogP contribution in [0.25, 0.3) is 5.69 Å². The summed E-state index contributed by atoms with van der Waals surface area (Å²) < 4.78 is 7.23. The summed E-state index contributed by atoms with van der Waals surface area (Å²) in [4.78, 5) is 22.3. The fraction of sp³-hybridized carbons (Fsp3) is 0.100. The van der Waals surface area contributed by atoms with E-state index in [0.29, 0.717) is 0 Å². The first-order chi connectivity index (χ1) is 13.6. The van der Waals surface area contributed by atoms with Crippen LogP contribution in [-0.2, 0) is 4.79 Å². The van der Waals surface area contributed by atoms with Crippen molar-refractivity contribution in [3.05, 3.63) is 88.2 Å². The number of amides is 1. The summed E-state index contributed by atoms with van der Waals surface area (Å²) in [6.45, 7) is 1.59. The number of hydrogen-bond acceptors (Lipinski definition) is 5. The zero-order chi connectivity index (χ0) is 19.9. The second kappa shape index (κ2) is 8.63. The first kappa shape index (κ1) is 18.8. The second-order valence-electron chi connectivity index (χ2n) is 5.88. The summed E-state index contributed by atoms with van der Waals surface area (Å²) in [5.74, 6) is -0.496. The van der Waals surface area contributed by atoms with Gasteiger partial charge in [-0.3, -0.25) is 14.9 Å². The molecule has 0 unspecified atom stereocenters. The Bertz CT molecular complexity index is 1010. The highest BCUT2D eigenvalue weighted by atomic mass is 16.6. The standard InChI is InChI=1S/C20H18N4O4/c1-15-11-12-17(23(15)16-7-3-2-4-8-16)13-21-22-20(25)14-28-19-10-6-5-9-18(19)24(26)27/h2-13H,14H2,1H3,(H,22,25)/b21-13-. The van der Waals surface area contributed by atoms with Crippen molar-refractivity contribution in [2.24, 2.45) is 5.10 Å². The maximum Gasteiger partial charge on any atom is 0.310 e. The number of nitrogens with one attached hydrogen (secondary N) is 1. The van der Waals surface area contributed by atoms with E-state index in [1.54, 1.807) is 6.07 Å². The minimum Gasteiger partial charge on any atom is -0.477 e. The molecule has 0 aliphatic heterocycles. The van der Waals surface area contributed by atoms with E-state index >= 15 is 0 Å². The Morgan fingerprint density at radius 3 is 2.61 bits per heavy atom. The van der Waals surface area contributed by atoms with Gasteiger partial charge in [0, 0.05) is 17.4 Å². The maximum atomic E-state index is 11.9. The molecule has 0 spiro atoms. The smallest absolute Gasteiger partial charge is 0.310 e. The van der Waals surface area contributed by atoms with Gasteiger partial charge in [0.15, 0.2) is 12.4 Å². The number of nitrogens with zero attached hydrogens (tertiary/aromatic N) is 3. The molecule has 0 saturated carbocycles. The Balaban J connectivity index is 1.62. The summed E-state index contributed by atoms with van der Waals surface area (Å²) in [6, 6.07) is 19.5. The number of aromatic nitrogens is 1. The lowest BCUT2D eigenvalue weighted by Crippen LogP contribution is -2.24. The molecule has 8 nitrogen and oxygen atoms in total. The number of carbonyl (C=O) groups excluding carboxylic acids is 1. The van der Waals surface area contributed by atoms with Crippen LogP contribution < -0.4 is 10.2 Å². The van der Waals surface area contributed by atoms with Crippen molar-refractivity contribution in [3.63, 3.8) is 0 Å². The fourth-order valence-corrected chi connectivity index (χ4v) is 2.67. The number of rotatable bonds is 7. The van der Waals surface area contributed by atoms with Gasteiger partial charge in [0.25, 0.3) is 5.91 Å². The summed E-state index contributed by atoms with van der Waals surface area (Å²) in [5.41, 5.74) is 4.97. The molecule has 142 valence electrons. The first-order valence-electron chi connectivity index (χ1n) is 8.48. The summed E-state index contributed by atoms with van der Waals surface area (Å²) in [7, 11) is 0. The Labute approximate surface area is 161 Å². The highest BCUT2D eigenvalue weighted by Crippen LogP contribution is 2.25. The highest BCUT2D eigenvalue weighted by molar-refractivity contribution is 5.82. The van der Waals surface area contributed by atoms with Crippen molar-refractivity contribution < 1.29 is 14.5 Å². The van der Waals surface area contributed by atoms with Gasteiger partial charge in [0.1, 0.15) is 0 Å². The van der Waals surface area contributed by atoms with E-state index < -0.39 is 10.8 Å². The van der Waals surface area contributed by atoms with Gasteiger partial charge in [-0.15, -0.1) is 0 Å². The van der Waals surface area contributed by atoms with Crippen LogP contribution in [0.4, 0.5) is 5.69 Å². The van der Waals surface area contributed by atoms with Gasteiger partial charge >= 0.3 is 5.69 Å². The van der Waals surface area contributed by atoms with Gasteiger partial charge in [-0.1, -0.05) is 30.3 Å². The third kappa shape index (κ3) is 4.42. The van der Waals surface area contributed by atoms with Crippen molar-refractivity contribution >= 4 is 17.8 Å². The van der Waals surface area contributed by atoms with Crippen LogP contribution in [0.2, 0.25) is 0 Å². The number of ether oxygens (including phenoxy) is 1. The largest absolute Gasteiger partial charge is 0.477 e. The number of nitro groups is 1. The average Bonchev–Trinajstić information content (AvgIpc) is 3.07. The second-order valence-corrected chi connectivity index (χ2v) is 5.88. The Kier molecular flexibility index (Phi) is 5.81. The molecule has 28 heavy (non-hydrogen) atoms. The number of aryl methyl sites for hydroxylation is 1. The SMILES string of the molecule is Cc1ccc(/C=N\NC(=O)COc2ccccc2[N+](=O)[O-])n1-c1ccccc1. The van der Waals surface area contributed by atoms with Crippen LogP contribution >= 0.6 is 0 Å². The van der Waals surface area contributed by atoms with Gasteiger partial charge in [0.2, 0.25) is 0 Å². The fourth-order valence-electron chi connectivity index (χ4n) is 2.67. The van der Waals surface area contributed by atoms with E-state index in [4.69, 9.17) is 4.74 Å². The molecule has 3 rings (SSSR count). The summed E-state index contributed by atoms with van der Waals surface area (Å²) in [5, 5.41) is 14.9. The van der Waals surface area contributed by atoms with Crippen molar-refractivity contribution in [1.29, 1.82) is 0 Å². The molecule has 2 aromatic carbocycles. The monoisotopic (exact) mass is 378 g/mol. The predicted octanol–water partition coefficient (Wildman–Crippen LogP) is 3.22. The maximum absolute atomic E-state index is 11.9. The molecular weight excluding hydrogens is 360 g/mol. The number of carbonyl (C=O) groups is 1. The van der Waals surface area contributed by atoms with Crippen LogP contribution in [-0.4, -0.2) is 28.2 Å². The molecule has 3 aromatic rings. The molecular formula is C20H18N4O4. The van der Waals surface area contributed by atoms with Gasteiger partial charge in [-0.05, 0) is 37.3 Å². The molecule has 8 heteroatoms. The van der Waals surface area contributed by atoms with Crippen LogP contribution in [0.3, 0.4) is 0 Å². The van der Waals surface area contributed by atoms with Gasteiger partial charge in [0.05, 0.1) is 16.8 Å². The molecule has 0 radical (unpaired) electrons. The molecule has 1 N–H and O–H groups in total. The van der Waals surface area contributed by atoms with Crippen molar-refractivity contribution in [1.82, 2.24) is 9.99 Å². The van der Waals surface area contributed by atoms with Gasteiger partial charge in [-0.25, -0.2) is 5.43 Å². The van der Waals surface area contributed by atoms with E-state index in [2.05, 4.69) is 10.5 Å². The summed E-state index contributed by atoms with van der Waals surface area (Å²) >= 11 is 0. The van der Waals surface area contributed by atoms with Gasteiger partial charge in [-0.2, -0.15) is 5.10 Å². The Morgan fingerprint density at radius 2 is 1.86 bits per heavy atom. The zero-order valence-electron chi connectivity index (χ0n) is 15.1. The third-order valence-electron chi connectivity index (χ3n) is 3.93. The van der Waals surface area contributed by atoms with Gasteiger partial charge < -0.3 is 9.30 Å². The van der Waals surface area contributed by atoms with E-state index in [1.165, 1.54) is 24.4 Å². The number of nitro benzene ring substituents is 1. The lowest BCUT2D eigenvalue weighted by molar-refractivity contribution is -0.385. The number of benzene rings is 2.